The second-order valence-electron chi connectivity index (χ2n) is 2.96. The molecule has 0 N–H and O–H groups in total. The highest BCUT2D eigenvalue weighted by Gasteiger charge is 2.61. The van der Waals surface area contributed by atoms with Gasteiger partial charge in [0, 0.05) is 10.7 Å². The number of alkyl halides is 3. The van der Waals surface area contributed by atoms with E-state index in [1.165, 1.54) is 5.56 Å². The van der Waals surface area contributed by atoms with E-state index in [-0.39, 0.29) is 3.23 Å². The van der Waals surface area contributed by atoms with Crippen molar-refractivity contribution in [3.8, 4) is 0 Å². The fraction of sp³-hybridized carbons (Fsp3) is 0.333. The highest BCUT2D eigenvalue weighted by Crippen LogP contribution is 2.65. The molecule has 12 heavy (non-hydrogen) atoms. The lowest BCUT2D eigenvalue weighted by molar-refractivity contribution is 1.14. The van der Waals surface area contributed by atoms with Crippen molar-refractivity contribution in [3.05, 3.63) is 35.9 Å². The summed E-state index contributed by atoms with van der Waals surface area (Å²) in [6.45, 7) is 0. The smallest absolute Gasteiger partial charge is 0.0858 e. The fourth-order valence-corrected chi connectivity index (χ4v) is 4.23. The maximum absolute atomic E-state index is 3.62. The van der Waals surface area contributed by atoms with Crippen LogP contribution >= 0.6 is 47.8 Å². The second-order valence-corrected chi connectivity index (χ2v) is 7.64. The lowest BCUT2D eigenvalue weighted by Gasteiger charge is -1.98. The van der Waals surface area contributed by atoms with Crippen molar-refractivity contribution < 1.29 is 0 Å². The summed E-state index contributed by atoms with van der Waals surface area (Å²) in [7, 11) is 0. The lowest BCUT2D eigenvalue weighted by Crippen LogP contribution is -1.87. The predicted molar refractivity (Wildman–Crippen MR) is 62.5 cm³/mol. The van der Waals surface area contributed by atoms with Gasteiger partial charge in [0.05, 0.1) is 0 Å². The summed E-state index contributed by atoms with van der Waals surface area (Å²) < 4.78 is 0.0708. The van der Waals surface area contributed by atoms with Gasteiger partial charge in [0.1, 0.15) is 3.23 Å². The summed E-state index contributed by atoms with van der Waals surface area (Å²) in [4.78, 5) is 0.493. The lowest BCUT2D eigenvalue weighted by atomic mass is 10.1. The molecule has 0 spiro atoms. The number of hydrogen-bond donors (Lipinski definition) is 0. The van der Waals surface area contributed by atoms with Crippen LogP contribution < -0.4 is 0 Å². The van der Waals surface area contributed by atoms with Crippen molar-refractivity contribution in [3.63, 3.8) is 0 Å². The molecule has 1 aliphatic rings. The molecule has 1 aromatic carbocycles. The van der Waals surface area contributed by atoms with Gasteiger partial charge in [-0.15, -0.1) is 0 Å². The van der Waals surface area contributed by atoms with E-state index in [9.17, 15) is 0 Å². The molecule has 1 aromatic rings. The first-order valence-corrected chi connectivity index (χ1v) is 6.21. The van der Waals surface area contributed by atoms with Gasteiger partial charge in [0.25, 0.3) is 0 Å². The van der Waals surface area contributed by atoms with Crippen LogP contribution in [0.4, 0.5) is 0 Å². The Balaban J connectivity index is 2.25. The van der Waals surface area contributed by atoms with Crippen molar-refractivity contribution in [2.45, 2.75) is 14.0 Å². The van der Waals surface area contributed by atoms with Gasteiger partial charge in [0.2, 0.25) is 0 Å². The highest BCUT2D eigenvalue weighted by atomic mass is 79.9. The van der Waals surface area contributed by atoms with E-state index in [0.717, 1.165) is 0 Å². The third-order valence-electron chi connectivity index (χ3n) is 2.12. The van der Waals surface area contributed by atoms with Gasteiger partial charge >= 0.3 is 0 Å². The minimum Gasteiger partial charge on any atom is -0.0858 e. The molecule has 0 heterocycles. The highest BCUT2D eigenvalue weighted by molar-refractivity contribution is 9.26. The maximum atomic E-state index is 3.62. The maximum Gasteiger partial charge on any atom is 0.102 e. The van der Waals surface area contributed by atoms with Gasteiger partial charge in [-0.25, -0.2) is 0 Å². The summed E-state index contributed by atoms with van der Waals surface area (Å²) in [6.07, 6.45) is 0. The van der Waals surface area contributed by atoms with Crippen LogP contribution in [0.25, 0.3) is 0 Å². The van der Waals surface area contributed by atoms with Crippen LogP contribution in [0.1, 0.15) is 11.5 Å². The molecule has 64 valence electrons. The summed E-state index contributed by atoms with van der Waals surface area (Å²) in [5.41, 5.74) is 1.37. The molecule has 1 aliphatic carbocycles. The van der Waals surface area contributed by atoms with Gasteiger partial charge in [-0.3, -0.25) is 0 Å². The summed E-state index contributed by atoms with van der Waals surface area (Å²) in [5, 5.41) is 0. The Bertz CT molecular complexity index is 281. The average molecular weight is 355 g/mol. The number of hydrogen-bond acceptors (Lipinski definition) is 0. The molecule has 3 heteroatoms. The Hall–Kier alpha value is 0.660. The molecule has 0 amide bonds. The van der Waals surface area contributed by atoms with Crippen molar-refractivity contribution in [2.24, 2.45) is 0 Å². The Morgan fingerprint density at radius 1 is 1.08 bits per heavy atom. The molecular formula is C9H7Br3. The van der Waals surface area contributed by atoms with Gasteiger partial charge in [0.15, 0.2) is 0 Å². The van der Waals surface area contributed by atoms with E-state index < -0.39 is 0 Å². The quantitative estimate of drug-likeness (QED) is 0.668. The van der Waals surface area contributed by atoms with Gasteiger partial charge in [-0.05, 0) is 5.56 Å². The SMILES string of the molecule is BrC1[C@@H](c2ccccc2)C1(Br)Br. The first-order valence-electron chi connectivity index (χ1n) is 3.71. The Morgan fingerprint density at radius 2 is 1.58 bits per heavy atom. The molecular weight excluding hydrogens is 348 g/mol. The van der Waals surface area contributed by atoms with Gasteiger partial charge in [-0.2, -0.15) is 0 Å². The van der Waals surface area contributed by atoms with Crippen LogP contribution in [0.3, 0.4) is 0 Å². The summed E-state index contributed by atoms with van der Waals surface area (Å²) in [6, 6.07) is 10.5. The molecule has 2 atom stereocenters. The first-order chi connectivity index (χ1) is 5.64. The third-order valence-corrected chi connectivity index (χ3v) is 6.58. The number of benzene rings is 1. The van der Waals surface area contributed by atoms with Crippen LogP contribution in [0.5, 0.6) is 0 Å². The van der Waals surface area contributed by atoms with Gasteiger partial charge in [-0.1, -0.05) is 78.1 Å². The normalized spacial score (nSPS) is 31.6. The number of rotatable bonds is 1. The van der Waals surface area contributed by atoms with Crippen LogP contribution in [0.2, 0.25) is 0 Å². The van der Waals surface area contributed by atoms with Crippen molar-refractivity contribution in [1.82, 2.24) is 0 Å². The molecule has 1 unspecified atom stereocenters. The monoisotopic (exact) mass is 352 g/mol. The molecule has 0 nitrogen and oxygen atoms in total. The summed E-state index contributed by atoms with van der Waals surface area (Å²) in [5.74, 6) is 0.540. The topological polar surface area (TPSA) is 0 Å². The van der Waals surface area contributed by atoms with Crippen molar-refractivity contribution in [1.29, 1.82) is 0 Å². The minimum absolute atomic E-state index is 0.0708. The van der Waals surface area contributed by atoms with E-state index in [4.69, 9.17) is 0 Å². The zero-order chi connectivity index (χ0) is 8.77. The van der Waals surface area contributed by atoms with Crippen LogP contribution in [-0.4, -0.2) is 8.06 Å². The zero-order valence-corrected chi connectivity index (χ0v) is 10.9. The zero-order valence-electron chi connectivity index (χ0n) is 6.18. The second kappa shape index (κ2) is 3.10. The first kappa shape index (κ1) is 9.22. The molecule has 1 saturated carbocycles. The Labute approximate surface area is 97.1 Å². The van der Waals surface area contributed by atoms with Crippen molar-refractivity contribution in [2.75, 3.05) is 0 Å². The Kier molecular flexibility index (Phi) is 2.39. The van der Waals surface area contributed by atoms with E-state index in [2.05, 4.69) is 72.1 Å². The fourth-order valence-electron chi connectivity index (χ4n) is 1.34. The minimum atomic E-state index is 0.0708. The van der Waals surface area contributed by atoms with Gasteiger partial charge < -0.3 is 0 Å². The Morgan fingerprint density at radius 3 is 2.00 bits per heavy atom. The molecule has 0 bridgehead atoms. The van der Waals surface area contributed by atoms with Crippen LogP contribution in [-0.2, 0) is 0 Å². The molecule has 0 radical (unpaired) electrons. The standard InChI is InChI=1S/C9H7Br3/c10-8-7(9(8,11)12)6-4-2-1-3-5-6/h1-5,7-8H/t7-,8?/m1/s1. The van der Waals surface area contributed by atoms with E-state index in [1.54, 1.807) is 0 Å². The molecule has 0 aromatic heterocycles. The third kappa shape index (κ3) is 1.40. The molecule has 0 aliphatic heterocycles. The van der Waals surface area contributed by atoms with E-state index >= 15 is 0 Å². The number of halogens is 3. The summed E-state index contributed by atoms with van der Waals surface area (Å²) >= 11 is 10.9. The molecule has 2 rings (SSSR count). The average Bonchev–Trinajstić information content (AvgIpc) is 2.53. The van der Waals surface area contributed by atoms with Crippen LogP contribution in [0.15, 0.2) is 30.3 Å². The predicted octanol–water partition coefficient (Wildman–Crippen LogP) is 4.03. The molecule has 1 fully saturated rings. The van der Waals surface area contributed by atoms with E-state index in [1.807, 2.05) is 6.07 Å². The largest absolute Gasteiger partial charge is 0.102 e. The van der Waals surface area contributed by atoms with Crippen molar-refractivity contribution >= 4 is 47.8 Å². The van der Waals surface area contributed by atoms with Crippen LogP contribution in [0, 0.1) is 0 Å². The molecule has 0 saturated heterocycles. The van der Waals surface area contributed by atoms with E-state index in [0.29, 0.717) is 10.7 Å².